The van der Waals surface area contributed by atoms with Crippen molar-refractivity contribution in [3.05, 3.63) is 53.6 Å². The number of hydrogen-bond donors (Lipinski definition) is 2. The quantitative estimate of drug-likeness (QED) is 0.817. The molecule has 2 aromatic carbocycles. The molecule has 0 spiro atoms. The van der Waals surface area contributed by atoms with E-state index in [1.165, 1.54) is 36.4 Å². The molecule has 0 aliphatic heterocycles. The molecule has 0 fully saturated rings. The minimum Gasteiger partial charge on any atom is -0.398 e. The molecule has 0 aliphatic rings. The zero-order valence-corrected chi connectivity index (χ0v) is 12.9. The van der Waals surface area contributed by atoms with Crippen LogP contribution in [0.3, 0.4) is 0 Å². The van der Waals surface area contributed by atoms with Gasteiger partial charge in [-0.25, -0.2) is 16.8 Å². The molecular weight excluding hydrogens is 336 g/mol. The Morgan fingerprint density at radius 2 is 1.52 bits per heavy atom. The van der Waals surface area contributed by atoms with E-state index in [1.54, 1.807) is 10.2 Å². The lowest BCUT2D eigenvalue weighted by atomic mass is 10.3. The number of rotatable bonds is 4. The minimum atomic E-state index is -4.34. The lowest BCUT2D eigenvalue weighted by Crippen LogP contribution is -2.31. The van der Waals surface area contributed by atoms with Crippen molar-refractivity contribution in [3.63, 3.8) is 0 Å². The first-order chi connectivity index (χ1) is 9.72. The molecular formula is C12H11ClN2O4S2. The topological polar surface area (TPSA) is 106 Å². The Morgan fingerprint density at radius 3 is 2.10 bits per heavy atom. The molecule has 0 bridgehead atoms. The summed E-state index contributed by atoms with van der Waals surface area (Å²) in [5, 5.41) is 0.248. The van der Waals surface area contributed by atoms with Crippen LogP contribution in [0.15, 0.2) is 58.3 Å². The van der Waals surface area contributed by atoms with Gasteiger partial charge < -0.3 is 5.73 Å². The SMILES string of the molecule is Nc1cc(Cl)ccc1S(=O)(=O)NS(=O)(=O)c1ccccc1. The highest BCUT2D eigenvalue weighted by atomic mass is 35.5. The van der Waals surface area contributed by atoms with Gasteiger partial charge >= 0.3 is 0 Å². The zero-order valence-electron chi connectivity index (χ0n) is 10.5. The van der Waals surface area contributed by atoms with Gasteiger partial charge in [0.1, 0.15) is 4.90 Å². The molecule has 9 heteroatoms. The summed E-state index contributed by atoms with van der Waals surface area (Å²) < 4.78 is 50.0. The molecule has 6 nitrogen and oxygen atoms in total. The Kier molecular flexibility index (Phi) is 4.24. The van der Waals surface area contributed by atoms with E-state index in [4.69, 9.17) is 17.3 Å². The number of benzene rings is 2. The molecule has 2 rings (SSSR count). The van der Waals surface area contributed by atoms with Gasteiger partial charge in [0, 0.05) is 5.02 Å². The van der Waals surface area contributed by atoms with Crippen LogP contribution >= 0.6 is 11.6 Å². The van der Waals surface area contributed by atoms with Crippen molar-refractivity contribution >= 4 is 37.3 Å². The Balaban J connectivity index is 2.42. The summed E-state index contributed by atoms with van der Waals surface area (Å²) in [5.74, 6) is 0. The molecule has 0 aromatic heterocycles. The van der Waals surface area contributed by atoms with Crippen molar-refractivity contribution in [1.29, 1.82) is 0 Å². The largest absolute Gasteiger partial charge is 0.398 e. The fraction of sp³-hybridized carbons (Fsp3) is 0. The van der Waals surface area contributed by atoms with Gasteiger partial charge in [0.25, 0.3) is 20.0 Å². The molecule has 0 amide bonds. The van der Waals surface area contributed by atoms with Crippen LogP contribution in [0.1, 0.15) is 0 Å². The van der Waals surface area contributed by atoms with Gasteiger partial charge in [0.05, 0.1) is 10.6 Å². The molecule has 3 N–H and O–H groups in total. The van der Waals surface area contributed by atoms with Gasteiger partial charge in [-0.3, -0.25) is 0 Å². The van der Waals surface area contributed by atoms with Gasteiger partial charge in [-0.05, 0) is 30.3 Å². The third-order valence-electron chi connectivity index (χ3n) is 2.53. The molecule has 21 heavy (non-hydrogen) atoms. The van der Waals surface area contributed by atoms with E-state index in [0.29, 0.717) is 0 Å². The zero-order chi connectivity index (χ0) is 15.7. The number of sulfonamides is 2. The normalized spacial score (nSPS) is 12.2. The summed E-state index contributed by atoms with van der Waals surface area (Å²) in [5.41, 5.74) is 5.43. The first kappa shape index (κ1) is 15.8. The fourth-order valence-electron chi connectivity index (χ4n) is 1.60. The summed E-state index contributed by atoms with van der Waals surface area (Å²) in [4.78, 5) is -0.521. The summed E-state index contributed by atoms with van der Waals surface area (Å²) in [6.45, 7) is 0. The molecule has 0 saturated carbocycles. The second-order valence-electron chi connectivity index (χ2n) is 4.09. The molecule has 0 heterocycles. The third kappa shape index (κ3) is 3.53. The molecule has 0 atom stereocenters. The number of hydrogen-bond acceptors (Lipinski definition) is 5. The molecule has 112 valence electrons. The van der Waals surface area contributed by atoms with Gasteiger partial charge in [0.2, 0.25) is 0 Å². The maximum atomic E-state index is 12.1. The second kappa shape index (κ2) is 5.64. The van der Waals surface area contributed by atoms with E-state index in [-0.39, 0.29) is 20.5 Å². The number of halogens is 1. The van der Waals surface area contributed by atoms with E-state index >= 15 is 0 Å². The van der Waals surface area contributed by atoms with Crippen molar-refractivity contribution in [2.75, 3.05) is 5.73 Å². The highest BCUT2D eigenvalue weighted by molar-refractivity contribution is 8.04. The first-order valence-electron chi connectivity index (χ1n) is 5.61. The Hall–Kier alpha value is -1.61. The Morgan fingerprint density at radius 1 is 0.905 bits per heavy atom. The van der Waals surface area contributed by atoms with E-state index in [2.05, 4.69) is 0 Å². The van der Waals surface area contributed by atoms with Crippen LogP contribution in [0.5, 0.6) is 0 Å². The third-order valence-corrected chi connectivity index (χ3v) is 6.37. The van der Waals surface area contributed by atoms with Gasteiger partial charge in [0.15, 0.2) is 0 Å². The van der Waals surface area contributed by atoms with Crippen LogP contribution < -0.4 is 9.86 Å². The Labute approximate surface area is 127 Å². The van der Waals surface area contributed by atoms with Crippen LogP contribution in [0, 0.1) is 0 Å². The maximum absolute atomic E-state index is 12.1. The van der Waals surface area contributed by atoms with Crippen molar-refractivity contribution in [1.82, 2.24) is 4.13 Å². The Bertz CT molecular complexity index is 865. The van der Waals surface area contributed by atoms with E-state index in [1.807, 2.05) is 0 Å². The van der Waals surface area contributed by atoms with Crippen LogP contribution in [0.25, 0.3) is 0 Å². The fourth-order valence-corrected chi connectivity index (χ4v) is 4.81. The first-order valence-corrected chi connectivity index (χ1v) is 8.95. The number of nitrogens with two attached hydrogens (primary N) is 1. The summed E-state index contributed by atoms with van der Waals surface area (Å²) in [6.07, 6.45) is 0. The standard InChI is InChI=1S/C12H11ClN2O4S2/c13-9-6-7-12(11(14)8-9)21(18,19)15-20(16,17)10-4-2-1-3-5-10/h1-8,15H,14H2. The average molecular weight is 347 g/mol. The van der Waals surface area contributed by atoms with Gasteiger partial charge in [-0.1, -0.05) is 29.8 Å². The lowest BCUT2D eigenvalue weighted by molar-refractivity contribution is 0.577. The number of anilines is 1. The highest BCUT2D eigenvalue weighted by Gasteiger charge is 2.26. The summed E-state index contributed by atoms with van der Waals surface area (Å²) >= 11 is 5.68. The van der Waals surface area contributed by atoms with Gasteiger partial charge in [-0.2, -0.15) is 0 Å². The van der Waals surface area contributed by atoms with Crippen molar-refractivity contribution < 1.29 is 16.8 Å². The van der Waals surface area contributed by atoms with Gasteiger partial charge in [-0.15, -0.1) is 4.13 Å². The van der Waals surface area contributed by atoms with Crippen molar-refractivity contribution in [3.8, 4) is 0 Å². The van der Waals surface area contributed by atoms with Crippen molar-refractivity contribution in [2.45, 2.75) is 9.79 Å². The van der Waals surface area contributed by atoms with Crippen LogP contribution in [0.4, 0.5) is 5.69 Å². The van der Waals surface area contributed by atoms with Crippen LogP contribution in [0.2, 0.25) is 5.02 Å². The highest BCUT2D eigenvalue weighted by Crippen LogP contribution is 2.23. The number of nitrogen functional groups attached to an aromatic ring is 1. The minimum absolute atomic E-state index is 0.140. The van der Waals surface area contributed by atoms with E-state index in [0.717, 1.165) is 6.07 Å². The van der Waals surface area contributed by atoms with Crippen LogP contribution in [-0.4, -0.2) is 16.8 Å². The lowest BCUT2D eigenvalue weighted by Gasteiger charge is -2.10. The molecule has 0 radical (unpaired) electrons. The van der Waals surface area contributed by atoms with Crippen LogP contribution in [-0.2, 0) is 20.0 Å². The monoisotopic (exact) mass is 346 g/mol. The summed E-state index contributed by atoms with van der Waals surface area (Å²) in [6, 6.07) is 10.8. The smallest absolute Gasteiger partial charge is 0.255 e. The molecule has 2 aromatic rings. The van der Waals surface area contributed by atoms with E-state index < -0.39 is 20.0 Å². The number of nitrogens with one attached hydrogen (secondary N) is 1. The second-order valence-corrected chi connectivity index (χ2v) is 8.11. The van der Waals surface area contributed by atoms with Crippen molar-refractivity contribution in [2.24, 2.45) is 0 Å². The predicted molar refractivity (Wildman–Crippen MR) is 79.8 cm³/mol. The predicted octanol–water partition coefficient (Wildman–Crippen LogP) is 1.59. The summed E-state index contributed by atoms with van der Waals surface area (Å²) in [7, 11) is -8.55. The molecule has 0 aliphatic carbocycles. The average Bonchev–Trinajstić information content (AvgIpc) is 2.38. The molecule has 0 saturated heterocycles. The van der Waals surface area contributed by atoms with E-state index in [9.17, 15) is 16.8 Å². The molecule has 0 unspecified atom stereocenters. The maximum Gasteiger partial charge on any atom is 0.255 e.